The van der Waals surface area contributed by atoms with Crippen LogP contribution in [0.4, 0.5) is 0 Å². The molecule has 0 aromatic heterocycles. The van der Waals surface area contributed by atoms with E-state index in [4.69, 9.17) is 5.73 Å². The van der Waals surface area contributed by atoms with Crippen molar-refractivity contribution in [2.24, 2.45) is 11.1 Å². The molecule has 3 nitrogen and oxygen atoms in total. The first-order valence-corrected chi connectivity index (χ1v) is 6.73. The first kappa shape index (κ1) is 15.7. The van der Waals surface area contributed by atoms with Crippen LogP contribution < -0.4 is 11.1 Å². The Hall–Kier alpha value is -1.35. The molecular formula is C16H26N2O. The third-order valence-electron chi connectivity index (χ3n) is 2.95. The Morgan fingerprint density at radius 3 is 2.37 bits per heavy atom. The van der Waals surface area contributed by atoms with Crippen LogP contribution in [-0.4, -0.2) is 11.4 Å². The van der Waals surface area contributed by atoms with Gasteiger partial charge in [-0.15, -0.1) is 0 Å². The van der Waals surface area contributed by atoms with Crippen molar-refractivity contribution < 1.29 is 4.79 Å². The summed E-state index contributed by atoms with van der Waals surface area (Å²) < 4.78 is 0. The second-order valence-corrected chi connectivity index (χ2v) is 7.04. The number of nitrogens with one attached hydrogen (secondary N) is 1. The number of hydrogen-bond acceptors (Lipinski definition) is 2. The molecule has 0 bridgehead atoms. The fraction of sp³-hybridized carbons (Fsp3) is 0.562. The first-order chi connectivity index (χ1) is 8.59. The highest BCUT2D eigenvalue weighted by Crippen LogP contribution is 2.27. The highest BCUT2D eigenvalue weighted by molar-refractivity contribution is 5.92. The van der Waals surface area contributed by atoms with Crippen molar-refractivity contribution in [3.05, 3.63) is 35.4 Å². The molecule has 0 aliphatic carbocycles. The van der Waals surface area contributed by atoms with E-state index in [0.717, 1.165) is 18.5 Å². The van der Waals surface area contributed by atoms with Crippen molar-refractivity contribution in [2.45, 2.75) is 53.1 Å². The van der Waals surface area contributed by atoms with Crippen LogP contribution in [0.1, 0.15) is 57.0 Å². The monoisotopic (exact) mass is 262 g/mol. The molecule has 0 aliphatic rings. The lowest BCUT2D eigenvalue weighted by Crippen LogP contribution is -2.41. The van der Waals surface area contributed by atoms with E-state index >= 15 is 0 Å². The molecule has 1 amide bonds. The van der Waals surface area contributed by atoms with E-state index in [-0.39, 0.29) is 16.9 Å². The zero-order valence-electron chi connectivity index (χ0n) is 12.7. The maximum atomic E-state index is 11.1. The molecule has 0 fully saturated rings. The number of carbonyl (C=O) groups is 1. The van der Waals surface area contributed by atoms with Crippen molar-refractivity contribution in [1.82, 2.24) is 5.32 Å². The van der Waals surface area contributed by atoms with Crippen molar-refractivity contribution in [2.75, 3.05) is 0 Å². The highest BCUT2D eigenvalue weighted by atomic mass is 16.1. The summed E-state index contributed by atoms with van der Waals surface area (Å²) in [7, 11) is 0. The van der Waals surface area contributed by atoms with E-state index in [2.05, 4.69) is 39.9 Å². The molecule has 0 unspecified atom stereocenters. The van der Waals surface area contributed by atoms with Crippen LogP contribution in [-0.2, 0) is 6.54 Å². The highest BCUT2D eigenvalue weighted by Gasteiger charge is 2.24. The molecule has 0 atom stereocenters. The van der Waals surface area contributed by atoms with Gasteiger partial charge >= 0.3 is 0 Å². The van der Waals surface area contributed by atoms with Crippen LogP contribution in [0.3, 0.4) is 0 Å². The van der Waals surface area contributed by atoms with Crippen LogP contribution in [0.25, 0.3) is 0 Å². The van der Waals surface area contributed by atoms with Crippen molar-refractivity contribution >= 4 is 5.91 Å². The lowest BCUT2D eigenvalue weighted by molar-refractivity contribution is 0.1000. The van der Waals surface area contributed by atoms with E-state index in [0.29, 0.717) is 5.56 Å². The number of nitrogens with two attached hydrogens (primary N) is 1. The summed E-state index contributed by atoms with van der Waals surface area (Å²) in [6, 6.07) is 7.47. The summed E-state index contributed by atoms with van der Waals surface area (Å²) in [6.45, 7) is 11.9. The second kappa shape index (κ2) is 5.74. The summed E-state index contributed by atoms with van der Waals surface area (Å²) in [5.41, 5.74) is 7.27. The zero-order chi connectivity index (χ0) is 14.7. The molecule has 0 heterocycles. The van der Waals surface area contributed by atoms with Crippen molar-refractivity contribution in [3.8, 4) is 0 Å². The van der Waals surface area contributed by atoms with Gasteiger partial charge in [-0.05, 0) is 43.4 Å². The summed E-state index contributed by atoms with van der Waals surface area (Å²) in [5, 5.41) is 3.55. The first-order valence-electron chi connectivity index (χ1n) is 6.73. The van der Waals surface area contributed by atoms with Gasteiger partial charge in [0, 0.05) is 17.6 Å². The van der Waals surface area contributed by atoms with E-state index in [9.17, 15) is 4.79 Å². The fourth-order valence-electron chi connectivity index (χ4n) is 2.56. The Balaban J connectivity index is 2.66. The van der Waals surface area contributed by atoms with Gasteiger partial charge in [-0.3, -0.25) is 4.79 Å². The number of carbonyl (C=O) groups excluding carboxylic acids is 1. The van der Waals surface area contributed by atoms with E-state index in [1.165, 1.54) is 0 Å². The molecule has 0 radical (unpaired) electrons. The molecule has 0 aliphatic heterocycles. The third-order valence-corrected chi connectivity index (χ3v) is 2.95. The zero-order valence-corrected chi connectivity index (χ0v) is 12.7. The van der Waals surface area contributed by atoms with E-state index in [1.807, 2.05) is 18.2 Å². The number of primary amides is 1. The fourth-order valence-corrected chi connectivity index (χ4v) is 2.56. The van der Waals surface area contributed by atoms with Crippen LogP contribution in [0.2, 0.25) is 0 Å². The summed E-state index contributed by atoms with van der Waals surface area (Å²) in [6.07, 6.45) is 1.08. The number of rotatable bonds is 5. The summed E-state index contributed by atoms with van der Waals surface area (Å²) in [5.74, 6) is -0.379. The Morgan fingerprint density at radius 2 is 1.84 bits per heavy atom. The maximum Gasteiger partial charge on any atom is 0.248 e. The van der Waals surface area contributed by atoms with Gasteiger partial charge in [-0.2, -0.15) is 0 Å². The molecule has 0 saturated carbocycles. The molecule has 0 saturated heterocycles. The van der Waals surface area contributed by atoms with Crippen LogP contribution in [0, 0.1) is 5.41 Å². The van der Waals surface area contributed by atoms with Gasteiger partial charge in [-0.25, -0.2) is 0 Å². The average molecular weight is 262 g/mol. The number of benzene rings is 1. The van der Waals surface area contributed by atoms with Gasteiger partial charge < -0.3 is 11.1 Å². The minimum Gasteiger partial charge on any atom is -0.366 e. The molecule has 0 spiro atoms. The quantitative estimate of drug-likeness (QED) is 0.856. The van der Waals surface area contributed by atoms with Gasteiger partial charge in [0.25, 0.3) is 0 Å². The lowest BCUT2D eigenvalue weighted by atomic mass is 9.82. The Morgan fingerprint density at radius 1 is 1.21 bits per heavy atom. The maximum absolute atomic E-state index is 11.1. The molecule has 1 aromatic rings. The van der Waals surface area contributed by atoms with Crippen molar-refractivity contribution in [3.63, 3.8) is 0 Å². The smallest absolute Gasteiger partial charge is 0.248 e. The summed E-state index contributed by atoms with van der Waals surface area (Å²) >= 11 is 0. The molecule has 19 heavy (non-hydrogen) atoms. The van der Waals surface area contributed by atoms with Gasteiger partial charge in [-0.1, -0.05) is 32.9 Å². The third kappa shape index (κ3) is 5.88. The predicted molar refractivity (Wildman–Crippen MR) is 80.0 cm³/mol. The standard InChI is InChI=1S/C16H26N2O/c1-15(2,3)11-16(4,5)18-10-12-7-6-8-13(9-12)14(17)19/h6-9,18H,10-11H2,1-5H3,(H2,17,19). The summed E-state index contributed by atoms with van der Waals surface area (Å²) in [4.78, 5) is 11.1. The minimum absolute atomic E-state index is 0.0565. The SMILES string of the molecule is CC(C)(C)CC(C)(C)NCc1cccc(C(N)=O)c1. The Labute approximate surface area is 116 Å². The minimum atomic E-state index is -0.379. The predicted octanol–water partition coefficient (Wildman–Crippen LogP) is 3.09. The lowest BCUT2D eigenvalue weighted by Gasteiger charge is -2.33. The van der Waals surface area contributed by atoms with Crippen LogP contribution >= 0.6 is 0 Å². The molecule has 3 N–H and O–H groups in total. The number of amides is 1. The average Bonchev–Trinajstić information content (AvgIpc) is 2.24. The van der Waals surface area contributed by atoms with E-state index < -0.39 is 0 Å². The van der Waals surface area contributed by atoms with Crippen LogP contribution in [0.15, 0.2) is 24.3 Å². The molecule has 3 heteroatoms. The van der Waals surface area contributed by atoms with Gasteiger partial charge in [0.05, 0.1) is 0 Å². The Kier molecular flexibility index (Phi) is 4.75. The molecule has 106 valence electrons. The normalized spacial score (nSPS) is 12.5. The van der Waals surface area contributed by atoms with E-state index in [1.54, 1.807) is 6.07 Å². The van der Waals surface area contributed by atoms with Gasteiger partial charge in [0.2, 0.25) is 5.91 Å². The number of hydrogen-bond donors (Lipinski definition) is 2. The molecule has 1 rings (SSSR count). The largest absolute Gasteiger partial charge is 0.366 e. The van der Waals surface area contributed by atoms with Crippen molar-refractivity contribution in [1.29, 1.82) is 0 Å². The topological polar surface area (TPSA) is 55.1 Å². The van der Waals surface area contributed by atoms with Gasteiger partial charge in [0.15, 0.2) is 0 Å². The second-order valence-electron chi connectivity index (χ2n) is 7.04. The molecular weight excluding hydrogens is 236 g/mol. The molecule has 1 aromatic carbocycles. The van der Waals surface area contributed by atoms with Crippen LogP contribution in [0.5, 0.6) is 0 Å². The Bertz CT molecular complexity index is 444. The van der Waals surface area contributed by atoms with Gasteiger partial charge in [0.1, 0.15) is 0 Å².